The molecule has 1 aliphatic heterocycles. The molecule has 2 amide bonds. The third-order valence-corrected chi connectivity index (χ3v) is 6.54. The first-order valence-electron chi connectivity index (χ1n) is 11.6. The van der Waals surface area contributed by atoms with Gasteiger partial charge in [0.15, 0.2) is 0 Å². The van der Waals surface area contributed by atoms with Crippen molar-refractivity contribution in [1.29, 1.82) is 0 Å². The summed E-state index contributed by atoms with van der Waals surface area (Å²) in [7, 11) is 1.54. The number of rotatable bonds is 10. The molecule has 0 radical (unpaired) electrons. The molecule has 1 aliphatic carbocycles. The highest BCUT2D eigenvalue weighted by Crippen LogP contribution is 2.31. The number of fused-ring (bicyclic) bond motifs is 1. The molecule has 2 aromatic carbocycles. The molecule has 2 N–H and O–H groups in total. The first-order chi connectivity index (χ1) is 16.1. The average Bonchev–Trinajstić information content (AvgIpc) is 3.42. The lowest BCUT2D eigenvalue weighted by Gasteiger charge is -2.25. The third kappa shape index (κ3) is 5.25. The molecular formula is C26H31N3O4. The number of nitrogens with zero attached hydrogens (tertiary/aromatic N) is 1. The highest BCUT2D eigenvalue weighted by Gasteiger charge is 2.36. The Kier molecular flexibility index (Phi) is 7.40. The highest BCUT2D eigenvalue weighted by molar-refractivity contribution is 6.01. The van der Waals surface area contributed by atoms with Gasteiger partial charge in [0.1, 0.15) is 24.2 Å². The van der Waals surface area contributed by atoms with E-state index in [0.29, 0.717) is 18.5 Å². The summed E-state index contributed by atoms with van der Waals surface area (Å²) >= 11 is 0. The van der Waals surface area contributed by atoms with Crippen molar-refractivity contribution in [2.75, 3.05) is 7.05 Å². The molecule has 1 heterocycles. The molecule has 2 aromatic rings. The number of hydrogen-bond donors (Lipinski definition) is 2. The maximum atomic E-state index is 13.0. The molecule has 174 valence electrons. The summed E-state index contributed by atoms with van der Waals surface area (Å²) in [6.45, 7) is 1.14. The Morgan fingerprint density at radius 1 is 1.21 bits per heavy atom. The summed E-state index contributed by atoms with van der Waals surface area (Å²) in [5, 5.41) is 6.23. The molecule has 33 heavy (non-hydrogen) atoms. The van der Waals surface area contributed by atoms with Gasteiger partial charge in [0.25, 0.3) is 5.91 Å². The normalized spacial score (nSPS) is 20.4. The summed E-state index contributed by atoms with van der Waals surface area (Å²) in [6, 6.07) is 15.5. The average molecular weight is 450 g/mol. The number of likely N-dealkylation sites (N-methyl/N-ethyl adjacent to an activating group) is 1. The van der Waals surface area contributed by atoms with Crippen molar-refractivity contribution in [2.45, 2.75) is 63.4 Å². The number of ether oxygens (including phenoxy) is 1. The van der Waals surface area contributed by atoms with Crippen molar-refractivity contribution in [2.24, 2.45) is 0 Å². The predicted octanol–water partition coefficient (Wildman–Crippen LogP) is 2.83. The van der Waals surface area contributed by atoms with Gasteiger partial charge >= 0.3 is 0 Å². The Labute approximate surface area is 194 Å². The lowest BCUT2D eigenvalue weighted by molar-refractivity contribution is -0.125. The van der Waals surface area contributed by atoms with Gasteiger partial charge < -0.3 is 25.1 Å². The SMILES string of the molecule is CNC(=O)C(CCC=O)N1Cc2cc(OC3CCCC3NCc3ccccc3)ccc2C1=O. The number of carbonyl (C=O) groups is 3. The zero-order valence-corrected chi connectivity index (χ0v) is 19.0. The standard InChI is InChI=1S/C26H31N3O4/c1-27-25(31)23(10-6-14-30)29-17-19-15-20(12-13-21(19)26(29)32)33-24-11-5-9-22(24)28-16-18-7-3-2-4-8-18/h2-4,7-8,12-15,22-24,28H,5-6,9-11,16-17H2,1H3,(H,27,31). The molecule has 3 unspecified atom stereocenters. The topological polar surface area (TPSA) is 87.7 Å². The molecule has 2 aliphatic rings. The molecule has 0 bridgehead atoms. The molecule has 7 heteroatoms. The Hall–Kier alpha value is -3.19. The summed E-state index contributed by atoms with van der Waals surface area (Å²) in [5.41, 5.74) is 2.69. The molecule has 0 saturated heterocycles. The molecule has 1 fully saturated rings. The minimum atomic E-state index is -0.661. The van der Waals surface area contributed by atoms with Gasteiger partial charge in [-0.2, -0.15) is 0 Å². The van der Waals surface area contributed by atoms with Gasteiger partial charge in [-0.15, -0.1) is 0 Å². The fourth-order valence-corrected chi connectivity index (χ4v) is 4.79. The van der Waals surface area contributed by atoms with Gasteiger partial charge in [-0.3, -0.25) is 9.59 Å². The van der Waals surface area contributed by atoms with Gasteiger partial charge in [0.2, 0.25) is 5.91 Å². The van der Waals surface area contributed by atoms with E-state index in [1.54, 1.807) is 18.0 Å². The van der Waals surface area contributed by atoms with E-state index in [1.165, 1.54) is 5.56 Å². The van der Waals surface area contributed by atoms with Crippen LogP contribution in [0.1, 0.15) is 53.6 Å². The van der Waals surface area contributed by atoms with Crippen LogP contribution in [0, 0.1) is 0 Å². The Balaban J connectivity index is 1.42. The zero-order valence-electron chi connectivity index (χ0n) is 19.0. The molecule has 0 spiro atoms. The molecule has 0 aromatic heterocycles. The van der Waals surface area contributed by atoms with E-state index in [9.17, 15) is 14.4 Å². The van der Waals surface area contributed by atoms with Crippen LogP contribution in [0.5, 0.6) is 5.75 Å². The van der Waals surface area contributed by atoms with E-state index in [-0.39, 0.29) is 30.4 Å². The van der Waals surface area contributed by atoms with E-state index >= 15 is 0 Å². The predicted molar refractivity (Wildman–Crippen MR) is 125 cm³/mol. The smallest absolute Gasteiger partial charge is 0.255 e. The van der Waals surface area contributed by atoms with Gasteiger partial charge in [-0.25, -0.2) is 0 Å². The zero-order chi connectivity index (χ0) is 23.2. The van der Waals surface area contributed by atoms with Crippen LogP contribution in [-0.4, -0.2) is 48.2 Å². The van der Waals surface area contributed by atoms with Crippen molar-refractivity contribution in [3.8, 4) is 5.75 Å². The van der Waals surface area contributed by atoms with Crippen molar-refractivity contribution < 1.29 is 19.1 Å². The number of carbonyl (C=O) groups excluding carboxylic acids is 3. The van der Waals surface area contributed by atoms with Crippen LogP contribution in [0.3, 0.4) is 0 Å². The maximum absolute atomic E-state index is 13.0. The monoisotopic (exact) mass is 449 g/mol. The van der Waals surface area contributed by atoms with Crippen LogP contribution in [0.25, 0.3) is 0 Å². The Bertz CT molecular complexity index is 994. The molecular weight excluding hydrogens is 418 g/mol. The van der Waals surface area contributed by atoms with E-state index in [2.05, 4.69) is 22.8 Å². The van der Waals surface area contributed by atoms with Gasteiger partial charge in [-0.1, -0.05) is 30.3 Å². The summed E-state index contributed by atoms with van der Waals surface area (Å²) < 4.78 is 6.35. The van der Waals surface area contributed by atoms with Crippen LogP contribution in [0.2, 0.25) is 0 Å². The van der Waals surface area contributed by atoms with E-state index in [0.717, 1.165) is 43.4 Å². The van der Waals surface area contributed by atoms with Crippen molar-refractivity contribution >= 4 is 18.1 Å². The van der Waals surface area contributed by atoms with Crippen molar-refractivity contribution in [3.63, 3.8) is 0 Å². The van der Waals surface area contributed by atoms with Crippen LogP contribution in [0.15, 0.2) is 48.5 Å². The fraction of sp³-hybridized carbons (Fsp3) is 0.423. The molecule has 7 nitrogen and oxygen atoms in total. The van der Waals surface area contributed by atoms with Gasteiger partial charge in [0.05, 0.1) is 0 Å². The number of amides is 2. The van der Waals surface area contributed by atoms with Crippen LogP contribution in [-0.2, 0) is 22.7 Å². The lowest BCUT2D eigenvalue weighted by Crippen LogP contribution is -2.46. The van der Waals surface area contributed by atoms with E-state index in [1.807, 2.05) is 30.3 Å². The number of nitrogens with one attached hydrogen (secondary N) is 2. The fourth-order valence-electron chi connectivity index (χ4n) is 4.79. The quantitative estimate of drug-likeness (QED) is 0.545. The first kappa shape index (κ1) is 23.0. The van der Waals surface area contributed by atoms with E-state index in [4.69, 9.17) is 4.74 Å². The second kappa shape index (κ2) is 10.6. The number of aldehydes is 1. The lowest BCUT2D eigenvalue weighted by atomic mass is 10.1. The number of hydrogen-bond acceptors (Lipinski definition) is 5. The second-order valence-corrected chi connectivity index (χ2v) is 8.69. The van der Waals surface area contributed by atoms with Crippen molar-refractivity contribution in [3.05, 3.63) is 65.2 Å². The second-order valence-electron chi connectivity index (χ2n) is 8.69. The van der Waals surface area contributed by atoms with Gasteiger partial charge in [-0.05, 0) is 55.0 Å². The number of benzene rings is 2. The molecule has 3 atom stereocenters. The van der Waals surface area contributed by atoms with Crippen LogP contribution < -0.4 is 15.4 Å². The van der Waals surface area contributed by atoms with Gasteiger partial charge in [0, 0.05) is 38.2 Å². The summed E-state index contributed by atoms with van der Waals surface area (Å²) in [5.74, 6) is 0.304. The summed E-state index contributed by atoms with van der Waals surface area (Å²) in [4.78, 5) is 37.7. The Morgan fingerprint density at radius 3 is 2.79 bits per heavy atom. The maximum Gasteiger partial charge on any atom is 0.255 e. The first-order valence-corrected chi connectivity index (χ1v) is 11.6. The highest BCUT2D eigenvalue weighted by atomic mass is 16.5. The minimum absolute atomic E-state index is 0.0752. The molecule has 4 rings (SSSR count). The molecule has 1 saturated carbocycles. The summed E-state index contributed by atoms with van der Waals surface area (Å²) in [6.07, 6.45) is 4.55. The van der Waals surface area contributed by atoms with Crippen LogP contribution >= 0.6 is 0 Å². The Morgan fingerprint density at radius 2 is 2.03 bits per heavy atom. The van der Waals surface area contributed by atoms with Crippen molar-refractivity contribution in [1.82, 2.24) is 15.5 Å². The largest absolute Gasteiger partial charge is 0.489 e. The van der Waals surface area contributed by atoms with Crippen LogP contribution in [0.4, 0.5) is 0 Å². The third-order valence-electron chi connectivity index (χ3n) is 6.54. The minimum Gasteiger partial charge on any atom is -0.489 e. The van der Waals surface area contributed by atoms with E-state index < -0.39 is 6.04 Å².